The topological polar surface area (TPSA) is 21.1 Å². The summed E-state index contributed by atoms with van der Waals surface area (Å²) < 4.78 is 16.6. The third-order valence-corrected chi connectivity index (χ3v) is 5.98. The molecule has 0 saturated carbocycles. The molecule has 0 N–H and O–H groups in total. The van der Waals surface area contributed by atoms with Crippen molar-refractivity contribution in [3.05, 3.63) is 113 Å². The van der Waals surface area contributed by atoms with Crippen LogP contribution >= 0.6 is 0 Å². The summed E-state index contributed by atoms with van der Waals surface area (Å²) in [5, 5.41) is 0. The molecule has 0 unspecified atom stereocenters. The molecule has 3 nitrogen and oxygen atoms in total. The Labute approximate surface area is 196 Å². The number of unbranched alkanes of at least 4 members (excludes halogenated alkanes) is 1. The lowest BCUT2D eigenvalue weighted by atomic mass is 10.1. The quantitative estimate of drug-likeness (QED) is 0.264. The summed E-state index contributed by atoms with van der Waals surface area (Å²) in [4.78, 5) is 7.18. The van der Waals surface area contributed by atoms with Crippen molar-refractivity contribution in [1.82, 2.24) is 14.5 Å². The Morgan fingerprint density at radius 3 is 2.24 bits per heavy atom. The van der Waals surface area contributed by atoms with E-state index in [0.717, 1.165) is 49.4 Å². The Hall–Kier alpha value is -3.24. The largest absolute Gasteiger partial charge is 0.327 e. The molecule has 0 atom stereocenters. The van der Waals surface area contributed by atoms with E-state index in [1.54, 1.807) is 13.0 Å². The van der Waals surface area contributed by atoms with Crippen molar-refractivity contribution in [3.63, 3.8) is 0 Å². The minimum absolute atomic E-state index is 0.147. The van der Waals surface area contributed by atoms with Crippen LogP contribution in [0.5, 0.6) is 0 Å². The maximum atomic E-state index is 14.2. The van der Waals surface area contributed by atoms with E-state index in [9.17, 15) is 4.39 Å². The summed E-state index contributed by atoms with van der Waals surface area (Å²) in [7, 11) is 0. The highest BCUT2D eigenvalue weighted by Gasteiger charge is 2.16. The Balaban J connectivity index is 1.64. The van der Waals surface area contributed by atoms with Crippen LogP contribution in [0.25, 0.3) is 11.4 Å². The number of hydrogen-bond donors (Lipinski definition) is 0. The van der Waals surface area contributed by atoms with Crippen molar-refractivity contribution >= 4 is 0 Å². The van der Waals surface area contributed by atoms with Crippen molar-refractivity contribution in [3.8, 4) is 11.4 Å². The molecule has 0 saturated heterocycles. The van der Waals surface area contributed by atoms with E-state index in [1.165, 1.54) is 11.3 Å². The lowest BCUT2D eigenvalue weighted by Gasteiger charge is -2.24. The highest BCUT2D eigenvalue weighted by Crippen LogP contribution is 2.23. The summed E-state index contributed by atoms with van der Waals surface area (Å²) in [6.07, 6.45) is 4.24. The summed E-state index contributed by atoms with van der Waals surface area (Å²) in [5.41, 5.74) is 5.23. The molecule has 1 heterocycles. The van der Waals surface area contributed by atoms with E-state index in [1.807, 2.05) is 30.5 Å². The van der Waals surface area contributed by atoms with Gasteiger partial charge >= 0.3 is 0 Å². The number of hydrogen-bond acceptors (Lipinski definition) is 2. The van der Waals surface area contributed by atoms with E-state index in [-0.39, 0.29) is 5.82 Å². The lowest BCUT2D eigenvalue weighted by molar-refractivity contribution is 0.240. The molecule has 0 bridgehead atoms. The van der Waals surface area contributed by atoms with Crippen LogP contribution < -0.4 is 0 Å². The molecule has 170 valence electrons. The monoisotopic (exact) mass is 441 g/mol. The first-order valence-electron chi connectivity index (χ1n) is 11.7. The maximum absolute atomic E-state index is 14.2. The molecule has 33 heavy (non-hydrogen) atoms. The average Bonchev–Trinajstić information content (AvgIpc) is 3.23. The van der Waals surface area contributed by atoms with Gasteiger partial charge in [-0.05, 0) is 36.1 Å². The molecule has 0 fully saturated rings. The standard InChI is InChI=1S/C29H32FN3/c1-3-4-17-33-27(19-31-29(33)26-13-9-6-10-14-26)22-32(20-24-11-7-5-8-12-24)21-25-16-15-23(2)28(30)18-25/h5-16,18-19H,3-4,17,20-22H2,1-2H3. The number of aryl methyl sites for hydroxylation is 1. The van der Waals surface area contributed by atoms with Crippen LogP contribution in [0.3, 0.4) is 0 Å². The molecule has 0 spiro atoms. The molecule has 0 radical (unpaired) electrons. The fourth-order valence-electron chi connectivity index (χ4n) is 4.15. The predicted molar refractivity (Wildman–Crippen MR) is 133 cm³/mol. The molecular weight excluding hydrogens is 409 g/mol. The summed E-state index contributed by atoms with van der Waals surface area (Å²) in [6, 6.07) is 26.4. The Kier molecular flexibility index (Phi) is 7.69. The van der Waals surface area contributed by atoms with Gasteiger partial charge in [-0.2, -0.15) is 0 Å². The fraction of sp³-hybridized carbons (Fsp3) is 0.276. The van der Waals surface area contributed by atoms with Gasteiger partial charge < -0.3 is 4.57 Å². The van der Waals surface area contributed by atoms with E-state index in [4.69, 9.17) is 4.98 Å². The normalized spacial score (nSPS) is 11.3. The van der Waals surface area contributed by atoms with Gasteiger partial charge in [0, 0.05) is 31.7 Å². The third kappa shape index (κ3) is 5.96. The van der Waals surface area contributed by atoms with Crippen LogP contribution in [0.15, 0.2) is 85.1 Å². The van der Waals surface area contributed by atoms with Gasteiger partial charge in [0.1, 0.15) is 11.6 Å². The van der Waals surface area contributed by atoms with Gasteiger partial charge in [-0.25, -0.2) is 9.37 Å². The Bertz CT molecular complexity index is 1150. The van der Waals surface area contributed by atoms with Crippen molar-refractivity contribution in [2.75, 3.05) is 0 Å². The van der Waals surface area contributed by atoms with Gasteiger partial charge in [0.25, 0.3) is 0 Å². The summed E-state index contributed by atoms with van der Waals surface area (Å²) in [6.45, 7) is 7.16. The zero-order chi connectivity index (χ0) is 23.0. The van der Waals surface area contributed by atoms with E-state index >= 15 is 0 Å². The molecule has 1 aromatic heterocycles. The predicted octanol–water partition coefficient (Wildman–Crippen LogP) is 7.00. The highest BCUT2D eigenvalue weighted by molar-refractivity contribution is 5.55. The zero-order valence-electron chi connectivity index (χ0n) is 19.5. The lowest BCUT2D eigenvalue weighted by Crippen LogP contribution is -2.24. The van der Waals surface area contributed by atoms with E-state index < -0.39 is 0 Å². The van der Waals surface area contributed by atoms with Gasteiger partial charge in [-0.1, -0.05) is 86.1 Å². The van der Waals surface area contributed by atoms with Crippen molar-refractivity contribution < 1.29 is 4.39 Å². The van der Waals surface area contributed by atoms with E-state index in [0.29, 0.717) is 12.1 Å². The van der Waals surface area contributed by atoms with Gasteiger partial charge in [-0.15, -0.1) is 0 Å². The molecular formula is C29H32FN3. The smallest absolute Gasteiger partial charge is 0.140 e. The number of halogens is 1. The minimum atomic E-state index is -0.147. The molecule has 4 heteroatoms. The second kappa shape index (κ2) is 11.1. The fourth-order valence-corrected chi connectivity index (χ4v) is 4.15. The van der Waals surface area contributed by atoms with Gasteiger partial charge in [0.05, 0.1) is 11.9 Å². The Morgan fingerprint density at radius 2 is 1.55 bits per heavy atom. The molecule has 0 amide bonds. The van der Waals surface area contributed by atoms with Crippen LogP contribution in [-0.2, 0) is 26.2 Å². The van der Waals surface area contributed by atoms with Crippen LogP contribution in [0.2, 0.25) is 0 Å². The van der Waals surface area contributed by atoms with Crippen molar-refractivity contribution in [1.29, 1.82) is 0 Å². The number of rotatable bonds is 10. The number of aromatic nitrogens is 2. The maximum Gasteiger partial charge on any atom is 0.140 e. The van der Waals surface area contributed by atoms with E-state index in [2.05, 4.69) is 64.9 Å². The Morgan fingerprint density at radius 1 is 0.848 bits per heavy atom. The SMILES string of the molecule is CCCCn1c(CN(Cc2ccccc2)Cc2ccc(C)c(F)c2)cnc1-c1ccccc1. The summed E-state index contributed by atoms with van der Waals surface area (Å²) >= 11 is 0. The molecule has 3 aromatic carbocycles. The second-order valence-corrected chi connectivity index (χ2v) is 8.66. The van der Waals surface area contributed by atoms with Crippen LogP contribution in [0.4, 0.5) is 4.39 Å². The molecule has 0 aliphatic rings. The zero-order valence-corrected chi connectivity index (χ0v) is 19.5. The summed E-state index contributed by atoms with van der Waals surface area (Å²) in [5.74, 6) is 0.867. The van der Waals surface area contributed by atoms with Crippen molar-refractivity contribution in [2.45, 2.75) is 52.9 Å². The first kappa shape index (κ1) is 22.9. The van der Waals surface area contributed by atoms with Crippen molar-refractivity contribution in [2.24, 2.45) is 0 Å². The average molecular weight is 442 g/mol. The number of benzene rings is 3. The molecule has 0 aliphatic carbocycles. The van der Waals surface area contributed by atoms with Crippen LogP contribution in [0.1, 0.15) is 42.1 Å². The van der Waals surface area contributed by atoms with Gasteiger partial charge in [0.2, 0.25) is 0 Å². The number of imidazole rings is 1. The first-order chi connectivity index (χ1) is 16.1. The van der Waals surface area contributed by atoms with Crippen LogP contribution in [-0.4, -0.2) is 14.5 Å². The number of nitrogens with zero attached hydrogens (tertiary/aromatic N) is 3. The third-order valence-electron chi connectivity index (χ3n) is 5.98. The molecule has 0 aliphatic heterocycles. The second-order valence-electron chi connectivity index (χ2n) is 8.66. The highest BCUT2D eigenvalue weighted by atomic mass is 19.1. The minimum Gasteiger partial charge on any atom is -0.327 e. The molecule has 4 aromatic rings. The van der Waals surface area contributed by atoms with Crippen LogP contribution in [0, 0.1) is 12.7 Å². The molecule has 4 rings (SSSR count). The first-order valence-corrected chi connectivity index (χ1v) is 11.7. The van der Waals surface area contributed by atoms with Gasteiger partial charge in [0.15, 0.2) is 0 Å². The van der Waals surface area contributed by atoms with Gasteiger partial charge in [-0.3, -0.25) is 4.90 Å².